The number of urea groups is 1. The Bertz CT molecular complexity index is 1090. The predicted octanol–water partition coefficient (Wildman–Crippen LogP) is 3.66. The van der Waals surface area contributed by atoms with E-state index in [-0.39, 0.29) is 17.0 Å². The number of benzene rings is 2. The molecular formula is C25H31BrN4O5. The minimum absolute atomic E-state index is 0.224. The molecule has 0 radical (unpaired) electrons. The summed E-state index contributed by atoms with van der Waals surface area (Å²) in [5, 5.41) is 17.7. The van der Waals surface area contributed by atoms with E-state index in [0.717, 1.165) is 31.0 Å². The maximum atomic E-state index is 13.6. The monoisotopic (exact) mass is 546 g/mol. The van der Waals surface area contributed by atoms with E-state index in [0.29, 0.717) is 22.5 Å². The summed E-state index contributed by atoms with van der Waals surface area (Å²) in [6.07, 6.45) is 4.41. The predicted molar refractivity (Wildman–Crippen MR) is 137 cm³/mol. The maximum absolute atomic E-state index is 13.6. The van der Waals surface area contributed by atoms with Crippen LogP contribution in [0.5, 0.6) is 11.5 Å². The summed E-state index contributed by atoms with van der Waals surface area (Å²) in [7, 11) is 2.97. The first-order valence-corrected chi connectivity index (χ1v) is 12.5. The van der Waals surface area contributed by atoms with Gasteiger partial charge in [-0.1, -0.05) is 22.4 Å². The molecule has 2 aromatic carbocycles. The number of hydrogen-bond acceptors (Lipinski definition) is 6. The van der Waals surface area contributed by atoms with Crippen LogP contribution in [0.15, 0.2) is 40.9 Å². The topological polar surface area (TPSA) is 103 Å². The molecule has 3 amide bonds. The average Bonchev–Trinajstić information content (AvgIpc) is 2.87. The molecule has 0 unspecified atom stereocenters. The zero-order chi connectivity index (χ0) is 25.0. The Hall–Kier alpha value is -2.82. The van der Waals surface area contributed by atoms with Gasteiger partial charge in [-0.05, 0) is 69.2 Å². The van der Waals surface area contributed by atoms with E-state index in [9.17, 15) is 14.7 Å². The number of anilines is 2. The van der Waals surface area contributed by atoms with E-state index in [1.165, 1.54) is 33.5 Å². The summed E-state index contributed by atoms with van der Waals surface area (Å²) in [4.78, 5) is 30.3. The van der Waals surface area contributed by atoms with Crippen molar-refractivity contribution in [3.05, 3.63) is 46.4 Å². The van der Waals surface area contributed by atoms with Gasteiger partial charge < -0.3 is 30.1 Å². The fourth-order valence-electron chi connectivity index (χ4n) is 4.64. The summed E-state index contributed by atoms with van der Waals surface area (Å²) in [5.41, 5.74) is -1.48. The maximum Gasteiger partial charge on any atom is 0.329 e. The lowest BCUT2D eigenvalue weighted by molar-refractivity contribution is -0.140. The molecule has 188 valence electrons. The Kier molecular flexibility index (Phi) is 7.83. The lowest BCUT2D eigenvalue weighted by Crippen LogP contribution is -2.62. The summed E-state index contributed by atoms with van der Waals surface area (Å²) in [5.74, 6) is 0.0920. The van der Waals surface area contributed by atoms with Gasteiger partial charge in [0.25, 0.3) is 11.6 Å². The van der Waals surface area contributed by atoms with E-state index < -0.39 is 17.7 Å². The number of carbonyl (C=O) groups excluding carboxylic acids is 2. The van der Waals surface area contributed by atoms with Crippen LogP contribution in [-0.2, 0) is 10.5 Å². The van der Waals surface area contributed by atoms with Crippen LogP contribution in [0.3, 0.4) is 0 Å². The van der Waals surface area contributed by atoms with Gasteiger partial charge in [-0.15, -0.1) is 0 Å². The third-order valence-electron chi connectivity index (χ3n) is 6.46. The van der Waals surface area contributed by atoms with Crippen molar-refractivity contribution in [3.8, 4) is 11.5 Å². The second-order valence-electron chi connectivity index (χ2n) is 8.68. The number of carbonyl (C=O) groups is 2. The van der Waals surface area contributed by atoms with Gasteiger partial charge in [-0.3, -0.25) is 4.79 Å². The second-order valence-corrected chi connectivity index (χ2v) is 9.59. The highest BCUT2D eigenvalue weighted by Gasteiger charge is 2.52. The number of halogens is 1. The molecule has 0 saturated carbocycles. The van der Waals surface area contributed by atoms with E-state index >= 15 is 0 Å². The van der Waals surface area contributed by atoms with Crippen molar-refractivity contribution < 1.29 is 24.2 Å². The second kappa shape index (κ2) is 10.8. The molecule has 2 heterocycles. The smallest absolute Gasteiger partial charge is 0.329 e. The summed E-state index contributed by atoms with van der Waals surface area (Å²) < 4.78 is 11.4. The number of methoxy groups -OCH3 is 2. The normalized spacial score (nSPS) is 20.1. The van der Waals surface area contributed by atoms with Crippen molar-refractivity contribution in [2.24, 2.45) is 0 Å². The van der Waals surface area contributed by atoms with Gasteiger partial charge in [-0.2, -0.15) is 0 Å². The van der Waals surface area contributed by atoms with Gasteiger partial charge in [-0.25, -0.2) is 9.69 Å². The molecule has 10 heteroatoms. The van der Waals surface area contributed by atoms with E-state index in [4.69, 9.17) is 9.47 Å². The largest absolute Gasteiger partial charge is 0.497 e. The molecule has 35 heavy (non-hydrogen) atoms. The number of piperidine rings is 1. The molecule has 0 aliphatic carbocycles. The number of hydrogen-bond donors (Lipinski definition) is 3. The molecule has 1 saturated heterocycles. The van der Waals surface area contributed by atoms with Gasteiger partial charge in [0.05, 0.1) is 25.6 Å². The van der Waals surface area contributed by atoms with Crippen molar-refractivity contribution in [1.82, 2.24) is 10.2 Å². The van der Waals surface area contributed by atoms with Gasteiger partial charge in [0.1, 0.15) is 11.5 Å². The number of fused-ring (bicyclic) bond motifs is 1. The van der Waals surface area contributed by atoms with Crippen LogP contribution < -0.4 is 25.0 Å². The third-order valence-corrected chi connectivity index (χ3v) is 6.95. The quantitative estimate of drug-likeness (QED) is 0.436. The van der Waals surface area contributed by atoms with Gasteiger partial charge in [0.15, 0.2) is 0 Å². The standard InChI is InChI=1S/C25H31BrN4O5/c1-34-18-8-10-21(22(16-18)35-2)30-24(32)28-20-9-7-17(26)15-19(20)25(30,33)23(31)27-11-6-14-29-12-4-3-5-13-29/h7-10,15-16,33H,3-6,11-14H2,1-2H3,(H,27,31)(H,28,32)/t25-/m0/s1. The first-order valence-electron chi connectivity index (χ1n) is 11.7. The first kappa shape index (κ1) is 25.3. The SMILES string of the molecule is COc1ccc(N2C(=O)Nc3ccc(Br)cc3[C@]2(O)C(=O)NCCCN2CCCCC2)c(OC)c1. The van der Waals surface area contributed by atoms with Gasteiger partial charge in [0.2, 0.25) is 0 Å². The van der Waals surface area contributed by atoms with Crippen LogP contribution in [0, 0.1) is 0 Å². The van der Waals surface area contributed by atoms with Crippen LogP contribution in [0.2, 0.25) is 0 Å². The first-order chi connectivity index (χ1) is 16.9. The average molecular weight is 547 g/mol. The minimum atomic E-state index is -2.31. The molecule has 2 aliphatic rings. The Labute approximate surface area is 213 Å². The third kappa shape index (κ3) is 5.10. The van der Waals surface area contributed by atoms with Crippen molar-refractivity contribution >= 4 is 39.2 Å². The molecule has 0 spiro atoms. The Balaban J connectivity index is 1.66. The number of ether oxygens (including phenoxy) is 2. The molecule has 0 bridgehead atoms. The molecule has 2 aliphatic heterocycles. The molecule has 3 N–H and O–H groups in total. The highest BCUT2D eigenvalue weighted by atomic mass is 79.9. The number of rotatable bonds is 8. The molecule has 0 aromatic heterocycles. The molecular weight excluding hydrogens is 516 g/mol. The van der Waals surface area contributed by atoms with Crippen molar-refractivity contribution in [2.75, 3.05) is 50.6 Å². The van der Waals surface area contributed by atoms with Crippen molar-refractivity contribution in [1.29, 1.82) is 0 Å². The minimum Gasteiger partial charge on any atom is -0.497 e. The lowest BCUT2D eigenvalue weighted by atomic mass is 9.94. The highest BCUT2D eigenvalue weighted by molar-refractivity contribution is 9.10. The number of amides is 3. The van der Waals surface area contributed by atoms with E-state index in [2.05, 4.69) is 31.5 Å². The molecule has 2 aromatic rings. The number of nitrogens with one attached hydrogen (secondary N) is 2. The number of likely N-dealkylation sites (tertiary alicyclic amines) is 1. The van der Waals surface area contributed by atoms with Crippen LogP contribution in [0.4, 0.5) is 16.2 Å². The fourth-order valence-corrected chi connectivity index (χ4v) is 5.00. The van der Waals surface area contributed by atoms with Crippen molar-refractivity contribution in [2.45, 2.75) is 31.4 Å². The van der Waals surface area contributed by atoms with Crippen LogP contribution in [-0.4, -0.2) is 62.3 Å². The Morgan fingerprint density at radius 3 is 2.63 bits per heavy atom. The number of nitrogens with zero attached hydrogens (tertiary/aromatic N) is 2. The van der Waals surface area contributed by atoms with Gasteiger partial charge >= 0.3 is 6.03 Å². The van der Waals surface area contributed by atoms with Crippen LogP contribution >= 0.6 is 15.9 Å². The summed E-state index contributed by atoms with van der Waals surface area (Å²) >= 11 is 3.42. The summed E-state index contributed by atoms with van der Waals surface area (Å²) in [6, 6.07) is 9.16. The zero-order valence-corrected chi connectivity index (χ0v) is 21.6. The Morgan fingerprint density at radius 2 is 1.91 bits per heavy atom. The van der Waals surface area contributed by atoms with E-state index in [1.54, 1.807) is 36.4 Å². The number of aliphatic hydroxyl groups is 1. The molecule has 9 nitrogen and oxygen atoms in total. The highest BCUT2D eigenvalue weighted by Crippen LogP contribution is 2.44. The van der Waals surface area contributed by atoms with Crippen LogP contribution in [0.1, 0.15) is 31.2 Å². The Morgan fingerprint density at radius 1 is 1.14 bits per heavy atom. The molecule has 4 rings (SSSR count). The van der Waals surface area contributed by atoms with Crippen LogP contribution in [0.25, 0.3) is 0 Å². The molecule has 1 atom stereocenters. The fraction of sp³-hybridized carbons (Fsp3) is 0.440. The lowest BCUT2D eigenvalue weighted by Gasteiger charge is -2.43. The van der Waals surface area contributed by atoms with Crippen molar-refractivity contribution in [3.63, 3.8) is 0 Å². The summed E-state index contributed by atoms with van der Waals surface area (Å²) in [6.45, 7) is 3.39. The van der Waals surface area contributed by atoms with E-state index in [1.807, 2.05) is 0 Å². The zero-order valence-electron chi connectivity index (χ0n) is 20.0. The van der Waals surface area contributed by atoms with Gasteiger partial charge in [0, 0.05) is 22.6 Å². The molecule has 1 fully saturated rings.